The van der Waals surface area contributed by atoms with Crippen molar-refractivity contribution >= 4 is 6.03 Å². The van der Waals surface area contributed by atoms with E-state index in [1.54, 1.807) is 0 Å². The first-order valence-electron chi connectivity index (χ1n) is 9.29. The molecule has 0 aromatic carbocycles. The first kappa shape index (κ1) is 16.8. The molecule has 2 unspecified atom stereocenters. The maximum absolute atomic E-state index is 12.3. The van der Waals surface area contributed by atoms with Gasteiger partial charge in [-0.25, -0.2) is 4.79 Å². The molecule has 0 bridgehead atoms. The largest absolute Gasteiger partial charge is 0.335 e. The number of carbonyl (C=O) groups excluding carboxylic acids is 1. The summed E-state index contributed by atoms with van der Waals surface area (Å²) in [6, 6.07) is 1.28. The minimum Gasteiger partial charge on any atom is -0.335 e. The van der Waals surface area contributed by atoms with Crippen molar-refractivity contribution in [2.24, 2.45) is 0 Å². The van der Waals surface area contributed by atoms with Gasteiger partial charge in [-0.1, -0.05) is 18.6 Å². The summed E-state index contributed by atoms with van der Waals surface area (Å²) in [4.78, 5) is 17.3. The minimum absolute atomic E-state index is 0.0424. The van der Waals surface area contributed by atoms with Gasteiger partial charge in [0.1, 0.15) is 0 Å². The van der Waals surface area contributed by atoms with Gasteiger partial charge in [-0.2, -0.15) is 0 Å². The van der Waals surface area contributed by atoms with E-state index >= 15 is 0 Å². The van der Waals surface area contributed by atoms with Gasteiger partial charge in [0.15, 0.2) is 0 Å². The summed E-state index contributed by atoms with van der Waals surface area (Å²) in [5.41, 5.74) is 1.22. The van der Waals surface area contributed by atoms with Crippen LogP contribution in [0.4, 0.5) is 4.79 Å². The first-order valence-corrected chi connectivity index (χ1v) is 9.29. The average Bonchev–Trinajstić information content (AvgIpc) is 2.92. The topological polar surface area (TPSA) is 47.6 Å². The van der Waals surface area contributed by atoms with Gasteiger partial charge in [-0.15, -0.1) is 0 Å². The molecule has 23 heavy (non-hydrogen) atoms. The molecule has 2 atom stereocenters. The van der Waals surface area contributed by atoms with Crippen LogP contribution in [0, 0.1) is 0 Å². The lowest BCUT2D eigenvalue weighted by molar-refractivity contribution is 0.175. The molecule has 3 rings (SSSR count). The van der Waals surface area contributed by atoms with Crippen molar-refractivity contribution in [1.82, 2.24) is 20.4 Å². The quantitative estimate of drug-likeness (QED) is 0.779. The average molecular weight is 320 g/mol. The summed E-state index contributed by atoms with van der Waals surface area (Å²) < 4.78 is 0. The van der Waals surface area contributed by atoms with Crippen LogP contribution >= 0.6 is 0 Å². The highest BCUT2D eigenvalue weighted by Crippen LogP contribution is 2.27. The third-order valence-corrected chi connectivity index (χ3v) is 5.59. The third-order valence-electron chi connectivity index (χ3n) is 5.59. The molecular formula is C18H32N4O. The van der Waals surface area contributed by atoms with E-state index in [-0.39, 0.29) is 6.03 Å². The second-order valence-corrected chi connectivity index (χ2v) is 7.62. The highest BCUT2D eigenvalue weighted by Gasteiger charge is 2.36. The second-order valence-electron chi connectivity index (χ2n) is 7.62. The van der Waals surface area contributed by atoms with E-state index in [9.17, 15) is 4.79 Å². The molecule has 3 heterocycles. The number of fused-ring (bicyclic) bond motifs is 1. The highest BCUT2D eigenvalue weighted by atomic mass is 16.2. The second kappa shape index (κ2) is 7.67. The lowest BCUT2D eigenvalue weighted by atomic mass is 9.99. The van der Waals surface area contributed by atoms with E-state index < -0.39 is 0 Å². The van der Waals surface area contributed by atoms with Gasteiger partial charge >= 0.3 is 6.03 Å². The van der Waals surface area contributed by atoms with Crippen molar-refractivity contribution in [2.75, 3.05) is 32.7 Å². The van der Waals surface area contributed by atoms with Crippen LogP contribution in [0.5, 0.6) is 0 Å². The van der Waals surface area contributed by atoms with E-state index in [1.807, 2.05) is 0 Å². The van der Waals surface area contributed by atoms with Crippen LogP contribution in [-0.2, 0) is 0 Å². The SMILES string of the molecule is C=C(C)CN1CCC(NC(=O)NC2CCN3CCCCC23)CC1. The predicted octanol–water partition coefficient (Wildman–Crippen LogP) is 1.95. The summed E-state index contributed by atoms with van der Waals surface area (Å²) in [7, 11) is 0. The molecule has 0 spiro atoms. The Hall–Kier alpha value is -1.07. The molecule has 2 amide bonds. The summed E-state index contributed by atoms with van der Waals surface area (Å²) >= 11 is 0. The van der Waals surface area contributed by atoms with Gasteiger partial charge in [-0.05, 0) is 45.6 Å². The van der Waals surface area contributed by atoms with Crippen molar-refractivity contribution in [1.29, 1.82) is 0 Å². The van der Waals surface area contributed by atoms with Crippen molar-refractivity contribution in [2.45, 2.75) is 63.6 Å². The van der Waals surface area contributed by atoms with Gasteiger partial charge in [-0.3, -0.25) is 9.80 Å². The molecular weight excluding hydrogens is 288 g/mol. The Labute approximate surface area is 140 Å². The fraction of sp³-hybridized carbons (Fsp3) is 0.833. The fourth-order valence-electron chi connectivity index (χ4n) is 4.43. The molecule has 130 valence electrons. The van der Waals surface area contributed by atoms with Crippen LogP contribution in [0.2, 0.25) is 0 Å². The van der Waals surface area contributed by atoms with E-state index in [4.69, 9.17) is 0 Å². The summed E-state index contributed by atoms with van der Waals surface area (Å²) in [6.07, 6.45) is 7.06. The Kier molecular flexibility index (Phi) is 5.59. The number of hydrogen-bond acceptors (Lipinski definition) is 3. The molecule has 5 heteroatoms. The maximum Gasteiger partial charge on any atom is 0.315 e. The Morgan fingerprint density at radius 2 is 1.83 bits per heavy atom. The zero-order valence-corrected chi connectivity index (χ0v) is 14.5. The van der Waals surface area contributed by atoms with Gasteiger partial charge in [0.2, 0.25) is 0 Å². The fourth-order valence-corrected chi connectivity index (χ4v) is 4.43. The maximum atomic E-state index is 12.3. The van der Waals surface area contributed by atoms with Crippen LogP contribution in [0.15, 0.2) is 12.2 Å². The van der Waals surface area contributed by atoms with Crippen LogP contribution in [0.25, 0.3) is 0 Å². The zero-order valence-electron chi connectivity index (χ0n) is 14.5. The highest BCUT2D eigenvalue weighted by molar-refractivity contribution is 5.74. The summed E-state index contributed by atoms with van der Waals surface area (Å²) in [5, 5.41) is 6.45. The Morgan fingerprint density at radius 3 is 2.57 bits per heavy atom. The van der Waals surface area contributed by atoms with Gasteiger partial charge in [0, 0.05) is 44.3 Å². The lowest BCUT2D eigenvalue weighted by Gasteiger charge is -2.34. The van der Waals surface area contributed by atoms with Crippen molar-refractivity contribution in [3.8, 4) is 0 Å². The molecule has 5 nitrogen and oxygen atoms in total. The molecule has 3 aliphatic heterocycles. The number of piperidine rings is 2. The Balaban J connectivity index is 1.39. The van der Waals surface area contributed by atoms with E-state index in [2.05, 4.69) is 33.9 Å². The molecule has 3 fully saturated rings. The molecule has 0 aromatic rings. The molecule has 3 aliphatic rings. The molecule has 3 saturated heterocycles. The van der Waals surface area contributed by atoms with Crippen molar-refractivity contribution in [3.05, 3.63) is 12.2 Å². The number of urea groups is 1. The number of hydrogen-bond donors (Lipinski definition) is 2. The first-order chi connectivity index (χ1) is 11.1. The van der Waals surface area contributed by atoms with Crippen molar-refractivity contribution < 1.29 is 4.79 Å². The number of rotatable bonds is 4. The molecule has 0 saturated carbocycles. The minimum atomic E-state index is 0.0424. The molecule has 0 aliphatic carbocycles. The van der Waals surface area contributed by atoms with E-state index in [0.29, 0.717) is 18.1 Å². The number of likely N-dealkylation sites (tertiary alicyclic amines) is 1. The van der Waals surface area contributed by atoms with Crippen LogP contribution in [0.3, 0.4) is 0 Å². The van der Waals surface area contributed by atoms with E-state index in [0.717, 1.165) is 45.4 Å². The molecule has 0 aromatic heterocycles. The van der Waals surface area contributed by atoms with Crippen LogP contribution in [0.1, 0.15) is 45.4 Å². The smallest absolute Gasteiger partial charge is 0.315 e. The Bertz CT molecular complexity index is 431. The third kappa shape index (κ3) is 4.48. The Morgan fingerprint density at radius 1 is 1.04 bits per heavy atom. The predicted molar refractivity (Wildman–Crippen MR) is 93.6 cm³/mol. The number of amides is 2. The summed E-state index contributed by atoms with van der Waals surface area (Å²) in [6.45, 7) is 11.5. The van der Waals surface area contributed by atoms with Crippen LogP contribution < -0.4 is 10.6 Å². The zero-order chi connectivity index (χ0) is 16.2. The van der Waals surface area contributed by atoms with Gasteiger partial charge in [0.25, 0.3) is 0 Å². The van der Waals surface area contributed by atoms with Gasteiger partial charge in [0.05, 0.1) is 0 Å². The molecule has 0 radical (unpaired) electrons. The number of nitrogens with one attached hydrogen (secondary N) is 2. The number of nitrogens with zero attached hydrogens (tertiary/aromatic N) is 2. The monoisotopic (exact) mass is 320 g/mol. The van der Waals surface area contributed by atoms with Gasteiger partial charge < -0.3 is 10.6 Å². The van der Waals surface area contributed by atoms with Crippen molar-refractivity contribution in [3.63, 3.8) is 0 Å². The lowest BCUT2D eigenvalue weighted by Crippen LogP contribution is -2.53. The summed E-state index contributed by atoms with van der Waals surface area (Å²) in [5.74, 6) is 0. The normalized spacial score (nSPS) is 30.0. The van der Waals surface area contributed by atoms with E-state index in [1.165, 1.54) is 31.4 Å². The molecule has 2 N–H and O–H groups in total. The number of carbonyl (C=O) groups is 1. The van der Waals surface area contributed by atoms with Crippen LogP contribution in [-0.4, -0.2) is 66.7 Å². The standard InChI is InChI=1S/C18H32N4O/c1-14(2)13-21-10-6-15(7-11-21)19-18(23)20-16-8-12-22-9-4-3-5-17(16)22/h15-17H,1,3-13H2,2H3,(H2,19,20,23).